The molecular weight excluding hydrogens is 218 g/mol. The number of nitro groups is 1. The van der Waals surface area contributed by atoms with Gasteiger partial charge in [0.2, 0.25) is 0 Å². The molecule has 0 fully saturated rings. The Hall–Kier alpha value is -1.42. The smallest absolute Gasteiger partial charge is 0.269 e. The van der Waals surface area contributed by atoms with Crippen LogP contribution in [-0.4, -0.2) is 16.6 Å². The van der Waals surface area contributed by atoms with Gasteiger partial charge in [-0.05, 0) is 23.3 Å². The molecule has 0 heterocycles. The normalized spacial score (nSPS) is 13.4. The third-order valence-corrected chi connectivity index (χ3v) is 3.07. The average molecular weight is 237 g/mol. The minimum absolute atomic E-state index is 0.0243. The Morgan fingerprint density at radius 3 is 2.18 bits per heavy atom. The molecule has 17 heavy (non-hydrogen) atoms. The van der Waals surface area contributed by atoms with Crippen molar-refractivity contribution in [3.63, 3.8) is 0 Å². The van der Waals surface area contributed by atoms with Crippen molar-refractivity contribution in [2.24, 2.45) is 11.3 Å². The van der Waals surface area contributed by atoms with Crippen molar-refractivity contribution in [2.45, 2.75) is 27.2 Å². The van der Waals surface area contributed by atoms with Gasteiger partial charge in [0, 0.05) is 18.7 Å². The molecule has 1 rings (SSSR count). The number of aliphatic hydroxyl groups is 1. The molecule has 4 heteroatoms. The highest BCUT2D eigenvalue weighted by Crippen LogP contribution is 2.29. The summed E-state index contributed by atoms with van der Waals surface area (Å²) in [4.78, 5) is 10.1. The summed E-state index contributed by atoms with van der Waals surface area (Å²) in [5, 5.41) is 19.9. The van der Waals surface area contributed by atoms with Crippen molar-refractivity contribution >= 4 is 5.69 Å². The van der Waals surface area contributed by atoms with E-state index >= 15 is 0 Å². The summed E-state index contributed by atoms with van der Waals surface area (Å²) in [7, 11) is 0. The molecule has 0 aliphatic carbocycles. The predicted molar refractivity (Wildman–Crippen MR) is 66.8 cm³/mol. The summed E-state index contributed by atoms with van der Waals surface area (Å²) in [6.45, 7) is 6.37. The Kier molecular flexibility index (Phi) is 4.23. The molecule has 0 spiro atoms. The number of non-ortho nitro benzene ring substituents is 1. The zero-order chi connectivity index (χ0) is 13.1. The van der Waals surface area contributed by atoms with E-state index < -0.39 is 4.92 Å². The molecule has 1 aromatic carbocycles. The molecule has 0 aliphatic heterocycles. The SMILES string of the molecule is CC(C)(C)[C@@H](CO)Cc1ccc([N+](=O)[O-])cc1. The molecule has 0 aromatic heterocycles. The fraction of sp³-hybridized carbons (Fsp3) is 0.538. The Bertz CT molecular complexity index is 379. The van der Waals surface area contributed by atoms with Gasteiger partial charge in [-0.15, -0.1) is 0 Å². The van der Waals surface area contributed by atoms with Crippen LogP contribution in [0.1, 0.15) is 26.3 Å². The first kappa shape index (κ1) is 13.6. The molecule has 0 saturated carbocycles. The maximum absolute atomic E-state index is 10.5. The highest BCUT2D eigenvalue weighted by Gasteiger charge is 2.24. The summed E-state index contributed by atoms with van der Waals surface area (Å²) in [5.41, 5.74) is 1.14. The summed E-state index contributed by atoms with van der Waals surface area (Å²) in [6, 6.07) is 6.53. The molecule has 0 aliphatic rings. The number of aliphatic hydroxyl groups excluding tert-OH is 1. The van der Waals surface area contributed by atoms with Gasteiger partial charge >= 0.3 is 0 Å². The fourth-order valence-corrected chi connectivity index (χ4v) is 1.68. The van der Waals surface area contributed by atoms with Crippen molar-refractivity contribution in [1.82, 2.24) is 0 Å². The van der Waals surface area contributed by atoms with Crippen molar-refractivity contribution in [1.29, 1.82) is 0 Å². The van der Waals surface area contributed by atoms with E-state index in [0.29, 0.717) is 0 Å². The predicted octanol–water partition coefficient (Wildman–Crippen LogP) is 2.79. The summed E-state index contributed by atoms with van der Waals surface area (Å²) in [6.07, 6.45) is 0.734. The standard InChI is InChI=1S/C13H19NO3/c1-13(2,3)11(9-15)8-10-4-6-12(7-5-10)14(16)17/h4-7,11,15H,8-9H2,1-3H3/t11-/m1/s1. The summed E-state index contributed by atoms with van der Waals surface area (Å²) < 4.78 is 0. The summed E-state index contributed by atoms with van der Waals surface area (Å²) in [5.74, 6) is 0.156. The number of rotatable bonds is 4. The van der Waals surface area contributed by atoms with Crippen LogP contribution in [0, 0.1) is 21.4 Å². The molecular formula is C13H19NO3. The third-order valence-electron chi connectivity index (χ3n) is 3.07. The number of benzene rings is 1. The number of nitrogens with zero attached hydrogens (tertiary/aromatic N) is 1. The van der Waals surface area contributed by atoms with Crippen LogP contribution in [0.15, 0.2) is 24.3 Å². The van der Waals surface area contributed by atoms with Gasteiger partial charge < -0.3 is 5.11 Å². The molecule has 0 unspecified atom stereocenters. The second kappa shape index (κ2) is 5.27. The highest BCUT2D eigenvalue weighted by atomic mass is 16.6. The first-order valence-corrected chi connectivity index (χ1v) is 5.69. The highest BCUT2D eigenvalue weighted by molar-refractivity contribution is 5.33. The topological polar surface area (TPSA) is 63.4 Å². The third kappa shape index (κ3) is 3.82. The van der Waals surface area contributed by atoms with E-state index in [1.807, 2.05) is 0 Å². The first-order chi connectivity index (χ1) is 7.84. The van der Waals surface area contributed by atoms with Gasteiger partial charge in [-0.2, -0.15) is 0 Å². The second-order valence-electron chi connectivity index (χ2n) is 5.37. The maximum atomic E-state index is 10.5. The lowest BCUT2D eigenvalue weighted by atomic mass is 9.78. The van der Waals surface area contributed by atoms with Crippen LogP contribution in [0.5, 0.6) is 0 Å². The molecule has 4 nitrogen and oxygen atoms in total. The molecule has 1 aromatic rings. The Labute approximate surface area is 101 Å². The van der Waals surface area contributed by atoms with E-state index in [0.717, 1.165) is 12.0 Å². The van der Waals surface area contributed by atoms with E-state index in [-0.39, 0.29) is 23.6 Å². The van der Waals surface area contributed by atoms with Gasteiger partial charge in [0.05, 0.1) is 4.92 Å². The molecule has 0 radical (unpaired) electrons. The van der Waals surface area contributed by atoms with E-state index in [4.69, 9.17) is 0 Å². The lowest BCUT2D eigenvalue weighted by Crippen LogP contribution is -2.25. The van der Waals surface area contributed by atoms with Gasteiger partial charge in [-0.25, -0.2) is 0 Å². The van der Waals surface area contributed by atoms with E-state index in [1.54, 1.807) is 12.1 Å². The molecule has 0 saturated heterocycles. The van der Waals surface area contributed by atoms with Crippen molar-refractivity contribution in [3.05, 3.63) is 39.9 Å². The van der Waals surface area contributed by atoms with Crippen molar-refractivity contribution in [3.8, 4) is 0 Å². The van der Waals surface area contributed by atoms with Crippen molar-refractivity contribution < 1.29 is 10.0 Å². The van der Waals surface area contributed by atoms with Gasteiger partial charge in [0.15, 0.2) is 0 Å². The molecule has 0 amide bonds. The van der Waals surface area contributed by atoms with Gasteiger partial charge in [0.1, 0.15) is 0 Å². The molecule has 0 bridgehead atoms. The monoisotopic (exact) mass is 237 g/mol. The lowest BCUT2D eigenvalue weighted by molar-refractivity contribution is -0.384. The fourth-order valence-electron chi connectivity index (χ4n) is 1.68. The van der Waals surface area contributed by atoms with Crippen molar-refractivity contribution in [2.75, 3.05) is 6.61 Å². The first-order valence-electron chi connectivity index (χ1n) is 5.69. The lowest BCUT2D eigenvalue weighted by Gasteiger charge is -2.29. The van der Waals surface area contributed by atoms with E-state index in [1.165, 1.54) is 12.1 Å². The Balaban J connectivity index is 2.78. The van der Waals surface area contributed by atoms with Crippen LogP contribution >= 0.6 is 0 Å². The van der Waals surface area contributed by atoms with Gasteiger partial charge in [-0.3, -0.25) is 10.1 Å². The minimum atomic E-state index is -0.406. The number of hydrogen-bond acceptors (Lipinski definition) is 3. The number of hydrogen-bond donors (Lipinski definition) is 1. The minimum Gasteiger partial charge on any atom is -0.396 e. The second-order valence-corrected chi connectivity index (χ2v) is 5.37. The zero-order valence-corrected chi connectivity index (χ0v) is 10.5. The quantitative estimate of drug-likeness (QED) is 0.647. The Morgan fingerprint density at radius 2 is 1.82 bits per heavy atom. The average Bonchev–Trinajstić information content (AvgIpc) is 2.24. The van der Waals surface area contributed by atoms with Crippen LogP contribution in [-0.2, 0) is 6.42 Å². The maximum Gasteiger partial charge on any atom is 0.269 e. The molecule has 94 valence electrons. The van der Waals surface area contributed by atoms with Gasteiger partial charge in [-0.1, -0.05) is 32.9 Å². The van der Waals surface area contributed by atoms with Crippen LogP contribution < -0.4 is 0 Å². The van der Waals surface area contributed by atoms with Crippen LogP contribution in [0.25, 0.3) is 0 Å². The summed E-state index contributed by atoms with van der Waals surface area (Å²) >= 11 is 0. The molecule has 1 atom stereocenters. The number of nitro benzene ring substituents is 1. The van der Waals surface area contributed by atoms with Gasteiger partial charge in [0.25, 0.3) is 5.69 Å². The van der Waals surface area contributed by atoms with Crippen LogP contribution in [0.2, 0.25) is 0 Å². The zero-order valence-electron chi connectivity index (χ0n) is 10.5. The Morgan fingerprint density at radius 1 is 1.29 bits per heavy atom. The van der Waals surface area contributed by atoms with E-state index in [2.05, 4.69) is 20.8 Å². The van der Waals surface area contributed by atoms with E-state index in [9.17, 15) is 15.2 Å². The largest absolute Gasteiger partial charge is 0.396 e. The molecule has 1 N–H and O–H groups in total. The van der Waals surface area contributed by atoms with Crippen LogP contribution in [0.3, 0.4) is 0 Å². The van der Waals surface area contributed by atoms with Crippen LogP contribution in [0.4, 0.5) is 5.69 Å².